The molecule has 12 heteroatoms. The molecule has 2 unspecified atom stereocenters. The minimum Gasteiger partial charge on any atom is -0.493 e. The van der Waals surface area contributed by atoms with Crippen LogP contribution in [0.1, 0.15) is 55.0 Å². The summed E-state index contributed by atoms with van der Waals surface area (Å²) in [6.07, 6.45) is -0.992. The van der Waals surface area contributed by atoms with E-state index in [1.807, 2.05) is 30.3 Å². The van der Waals surface area contributed by atoms with Gasteiger partial charge in [0.15, 0.2) is 23.0 Å². The van der Waals surface area contributed by atoms with E-state index in [-0.39, 0.29) is 30.9 Å². The fraction of sp³-hybridized carbons (Fsp3) is 0.282. The van der Waals surface area contributed by atoms with E-state index in [1.165, 1.54) is 21.3 Å². The summed E-state index contributed by atoms with van der Waals surface area (Å²) >= 11 is 0. The Bertz CT molecular complexity index is 2020. The maximum absolute atomic E-state index is 14.6. The van der Waals surface area contributed by atoms with Crippen molar-refractivity contribution in [1.82, 2.24) is 4.90 Å². The van der Waals surface area contributed by atoms with E-state index in [1.54, 1.807) is 48.5 Å². The standard InChI is InChI=1S/C39H33NO11/c1-45-30-14-21(15-31(46-2)35(30)47-3)32-24-16-28-29(50-19-49-28)17-25(24)34(26-18-48-39(44)33(26)32)51-38(43)27(13-20-9-5-4-6-10-20)40-36(41)22-11-7-8-12-23(22)37(40)42/h4-12,14-17,26-27,32-34H,13,18-19H2,1-3H3/t26-,27?,32?,33-,34-/m0/s1. The highest BCUT2D eigenvalue weighted by molar-refractivity contribution is 6.22. The third kappa shape index (κ3) is 5.20. The van der Waals surface area contributed by atoms with Crippen LogP contribution in [0.4, 0.5) is 0 Å². The monoisotopic (exact) mass is 691 g/mol. The topological polar surface area (TPSA) is 136 Å². The van der Waals surface area contributed by atoms with E-state index in [0.29, 0.717) is 45.4 Å². The Hall–Kier alpha value is -6.04. The number of benzene rings is 4. The SMILES string of the molecule is COc1cc(C2c3cc4c(cc3[C@H](OC(=O)C(Cc3ccccc3)N3C(=O)c5ccccc5C3=O)[C@H]3COC(=O)[C@H]23)OCO4)cc(OC)c1OC. The van der Waals surface area contributed by atoms with Crippen molar-refractivity contribution in [2.24, 2.45) is 11.8 Å². The number of fused-ring (bicyclic) bond motifs is 4. The van der Waals surface area contributed by atoms with Crippen LogP contribution in [0.5, 0.6) is 28.7 Å². The van der Waals surface area contributed by atoms with Gasteiger partial charge in [-0.2, -0.15) is 0 Å². The van der Waals surface area contributed by atoms with Crippen molar-refractivity contribution in [2.45, 2.75) is 24.5 Å². The number of ether oxygens (including phenoxy) is 7. The average Bonchev–Trinajstić information content (AvgIpc) is 3.85. The van der Waals surface area contributed by atoms with Crippen LogP contribution in [0.25, 0.3) is 0 Å². The third-order valence-electron chi connectivity index (χ3n) is 10.1. The number of esters is 2. The van der Waals surface area contributed by atoms with Gasteiger partial charge < -0.3 is 33.2 Å². The van der Waals surface area contributed by atoms with E-state index in [4.69, 9.17) is 33.2 Å². The number of amides is 2. The van der Waals surface area contributed by atoms with Crippen molar-refractivity contribution in [1.29, 1.82) is 0 Å². The highest BCUT2D eigenvalue weighted by Gasteiger charge is 2.55. The van der Waals surface area contributed by atoms with Crippen LogP contribution >= 0.6 is 0 Å². The van der Waals surface area contributed by atoms with Gasteiger partial charge in [0, 0.05) is 23.8 Å². The summed E-state index contributed by atoms with van der Waals surface area (Å²) in [5.74, 6) is -2.38. The molecule has 0 radical (unpaired) electrons. The smallest absolute Gasteiger partial charge is 0.330 e. The minimum atomic E-state index is -1.30. The van der Waals surface area contributed by atoms with E-state index < -0.39 is 53.7 Å². The number of hydrogen-bond acceptors (Lipinski definition) is 11. The molecule has 4 aliphatic rings. The van der Waals surface area contributed by atoms with Crippen molar-refractivity contribution < 1.29 is 52.3 Å². The molecule has 0 aromatic heterocycles. The number of methoxy groups -OCH3 is 3. The maximum atomic E-state index is 14.6. The Morgan fingerprint density at radius 3 is 2.00 bits per heavy atom. The van der Waals surface area contributed by atoms with E-state index >= 15 is 0 Å². The lowest BCUT2D eigenvalue weighted by Crippen LogP contribution is -2.48. The fourth-order valence-corrected chi connectivity index (χ4v) is 7.76. The Labute approximate surface area is 292 Å². The number of rotatable bonds is 9. The lowest BCUT2D eigenvalue weighted by molar-refractivity contribution is -0.159. The molecule has 51 heavy (non-hydrogen) atoms. The van der Waals surface area contributed by atoms with E-state index in [2.05, 4.69) is 0 Å². The van der Waals surface area contributed by atoms with Gasteiger partial charge in [0.1, 0.15) is 12.1 Å². The number of carbonyl (C=O) groups is 4. The number of imide groups is 1. The van der Waals surface area contributed by atoms with E-state index in [9.17, 15) is 19.2 Å². The Morgan fingerprint density at radius 2 is 1.39 bits per heavy atom. The fourth-order valence-electron chi connectivity index (χ4n) is 7.76. The van der Waals surface area contributed by atoms with Gasteiger partial charge in [-0.15, -0.1) is 0 Å². The van der Waals surface area contributed by atoms with Gasteiger partial charge in [0.25, 0.3) is 11.8 Å². The lowest BCUT2D eigenvalue weighted by Gasteiger charge is -2.39. The van der Waals surface area contributed by atoms with E-state index in [0.717, 1.165) is 10.5 Å². The Kier molecular flexibility index (Phi) is 8.01. The summed E-state index contributed by atoms with van der Waals surface area (Å²) in [4.78, 5) is 56.6. The molecule has 3 heterocycles. The van der Waals surface area contributed by atoms with Crippen LogP contribution in [0, 0.1) is 11.8 Å². The second-order valence-electron chi connectivity index (χ2n) is 12.7. The van der Waals surface area contributed by atoms with Crippen LogP contribution in [0.3, 0.4) is 0 Å². The molecule has 0 N–H and O–H groups in total. The molecule has 1 aliphatic carbocycles. The van der Waals surface area contributed by atoms with Crippen LogP contribution in [0.2, 0.25) is 0 Å². The molecule has 260 valence electrons. The number of carbonyl (C=O) groups excluding carboxylic acids is 4. The molecular formula is C39H33NO11. The molecule has 2 amide bonds. The van der Waals surface area contributed by atoms with Crippen molar-refractivity contribution in [2.75, 3.05) is 34.7 Å². The van der Waals surface area contributed by atoms with Crippen LogP contribution in [-0.4, -0.2) is 69.4 Å². The molecule has 4 aromatic carbocycles. The van der Waals surface area contributed by atoms with Crippen molar-refractivity contribution in [3.63, 3.8) is 0 Å². The first-order chi connectivity index (χ1) is 24.8. The second kappa shape index (κ2) is 12.7. The van der Waals surface area contributed by atoms with Crippen molar-refractivity contribution >= 4 is 23.8 Å². The van der Waals surface area contributed by atoms with Crippen LogP contribution in [-0.2, 0) is 25.5 Å². The van der Waals surface area contributed by atoms with Gasteiger partial charge in [-0.25, -0.2) is 4.79 Å². The molecule has 0 saturated carbocycles. The first-order valence-corrected chi connectivity index (χ1v) is 16.4. The van der Waals surface area contributed by atoms with Gasteiger partial charge >= 0.3 is 11.9 Å². The highest BCUT2D eigenvalue weighted by Crippen LogP contribution is 2.56. The van der Waals surface area contributed by atoms with Crippen LogP contribution in [0.15, 0.2) is 78.9 Å². The Balaban J connectivity index is 1.23. The maximum Gasteiger partial charge on any atom is 0.330 e. The first-order valence-electron chi connectivity index (χ1n) is 16.4. The molecular weight excluding hydrogens is 658 g/mol. The molecule has 8 rings (SSSR count). The zero-order valence-electron chi connectivity index (χ0n) is 28.0. The molecule has 4 aromatic rings. The second-order valence-corrected chi connectivity index (χ2v) is 12.7. The molecule has 1 fully saturated rings. The predicted molar refractivity (Wildman–Crippen MR) is 178 cm³/mol. The summed E-state index contributed by atoms with van der Waals surface area (Å²) in [5, 5.41) is 0. The molecule has 0 bridgehead atoms. The minimum absolute atomic E-state index is 0.00861. The summed E-state index contributed by atoms with van der Waals surface area (Å²) in [6.45, 7) is -0.0437. The van der Waals surface area contributed by atoms with Gasteiger partial charge in [0.05, 0.1) is 45.0 Å². The number of hydrogen-bond donors (Lipinski definition) is 0. The van der Waals surface area contributed by atoms with Crippen molar-refractivity contribution in [3.8, 4) is 28.7 Å². The number of cyclic esters (lactones) is 1. The van der Waals surface area contributed by atoms with Gasteiger partial charge in [-0.1, -0.05) is 42.5 Å². The predicted octanol–water partition coefficient (Wildman–Crippen LogP) is 4.87. The van der Waals surface area contributed by atoms with Crippen LogP contribution < -0.4 is 23.7 Å². The quantitative estimate of drug-likeness (QED) is 0.176. The molecule has 1 saturated heterocycles. The van der Waals surface area contributed by atoms with Gasteiger partial charge in [0.2, 0.25) is 12.5 Å². The first kappa shape index (κ1) is 32.2. The summed E-state index contributed by atoms with van der Waals surface area (Å²) in [6, 6.07) is 21.4. The largest absolute Gasteiger partial charge is 0.493 e. The third-order valence-corrected chi connectivity index (χ3v) is 10.1. The van der Waals surface area contributed by atoms with Gasteiger partial charge in [-0.05, 0) is 53.1 Å². The summed E-state index contributed by atoms with van der Waals surface area (Å²) < 4.78 is 40.5. The zero-order valence-corrected chi connectivity index (χ0v) is 28.0. The molecule has 0 spiro atoms. The normalized spacial score (nSPS) is 21.7. The zero-order chi connectivity index (χ0) is 35.4. The van der Waals surface area contributed by atoms with Gasteiger partial charge in [-0.3, -0.25) is 19.3 Å². The molecule has 5 atom stereocenters. The summed E-state index contributed by atoms with van der Waals surface area (Å²) in [5.41, 5.74) is 3.05. The average molecular weight is 692 g/mol. The van der Waals surface area contributed by atoms with Crippen molar-refractivity contribution in [3.05, 3.63) is 112 Å². The molecule has 12 nitrogen and oxygen atoms in total. The molecule has 3 aliphatic heterocycles. The summed E-state index contributed by atoms with van der Waals surface area (Å²) in [7, 11) is 4.53. The lowest BCUT2D eigenvalue weighted by atomic mass is 9.66. The number of nitrogens with zero attached hydrogens (tertiary/aromatic N) is 1. The Morgan fingerprint density at radius 1 is 0.784 bits per heavy atom. The highest BCUT2D eigenvalue weighted by atomic mass is 16.7.